The molecule has 0 unspecified atom stereocenters. The molecule has 0 aromatic heterocycles. The molecule has 1 heterocycles. The zero-order valence-corrected chi connectivity index (χ0v) is 9.81. The van der Waals surface area contributed by atoms with E-state index in [1.165, 1.54) is 0 Å². The van der Waals surface area contributed by atoms with Crippen LogP contribution in [0.5, 0.6) is 0 Å². The lowest BCUT2D eigenvalue weighted by Gasteiger charge is -2.45. The first-order valence-corrected chi connectivity index (χ1v) is 5.56. The fourth-order valence-electron chi connectivity index (χ4n) is 2.42. The van der Waals surface area contributed by atoms with Gasteiger partial charge >= 0.3 is 0 Å². The van der Waals surface area contributed by atoms with Crippen molar-refractivity contribution >= 4 is 11.8 Å². The molecule has 2 fully saturated rings. The Bertz CT molecular complexity index is 273. The lowest BCUT2D eigenvalue weighted by Crippen LogP contribution is -2.61. The van der Waals surface area contributed by atoms with Gasteiger partial charge in [0.1, 0.15) is 0 Å². The van der Waals surface area contributed by atoms with Gasteiger partial charge in [-0.3, -0.25) is 14.0 Å². The molecular weight excluding hydrogens is 211 g/mol. The van der Waals surface area contributed by atoms with Crippen molar-refractivity contribution in [1.29, 1.82) is 0 Å². The molecule has 0 bridgehead atoms. The van der Waals surface area contributed by atoms with E-state index < -0.39 is 0 Å². The second kappa shape index (κ2) is 5.27. The number of rotatable bonds is 1. The molecule has 0 aromatic carbocycles. The minimum absolute atomic E-state index is 0.0315. The summed E-state index contributed by atoms with van der Waals surface area (Å²) in [6.45, 7) is 2.37. The van der Waals surface area contributed by atoms with Crippen LogP contribution >= 0.6 is 0 Å². The van der Waals surface area contributed by atoms with Gasteiger partial charge in [-0.2, -0.15) is 0 Å². The van der Waals surface area contributed by atoms with Crippen LogP contribution in [-0.4, -0.2) is 31.6 Å². The van der Waals surface area contributed by atoms with Gasteiger partial charge in [0.05, 0.1) is 12.6 Å². The average molecular weight is 230 g/mol. The highest BCUT2D eigenvalue weighted by molar-refractivity contribution is 5.88. The van der Waals surface area contributed by atoms with Crippen molar-refractivity contribution in [3.05, 3.63) is 0 Å². The first-order valence-electron chi connectivity index (χ1n) is 5.56. The minimum Gasteiger partial charge on any atom is -0.354 e. The molecule has 2 N–H and O–H groups in total. The normalized spacial score (nSPS) is 31.9. The summed E-state index contributed by atoms with van der Waals surface area (Å²) >= 11 is 0. The predicted molar refractivity (Wildman–Crippen MR) is 58.5 cm³/mol. The van der Waals surface area contributed by atoms with Crippen LogP contribution in [0.3, 0.4) is 0 Å². The molecular formula is C11H19FN2O2. The van der Waals surface area contributed by atoms with Crippen LogP contribution in [0.4, 0.5) is 4.39 Å². The molecule has 0 atom stereocenters. The van der Waals surface area contributed by atoms with E-state index in [1.54, 1.807) is 6.92 Å². The van der Waals surface area contributed by atoms with E-state index in [-0.39, 0.29) is 23.3 Å². The van der Waals surface area contributed by atoms with Crippen molar-refractivity contribution in [2.75, 3.05) is 13.7 Å². The van der Waals surface area contributed by atoms with E-state index in [0.29, 0.717) is 7.18 Å². The summed E-state index contributed by atoms with van der Waals surface area (Å²) in [5, 5.41) is 5.71. The summed E-state index contributed by atoms with van der Waals surface area (Å²) in [4.78, 5) is 22.2. The van der Waals surface area contributed by atoms with Crippen molar-refractivity contribution in [2.24, 2.45) is 5.41 Å². The quantitative estimate of drug-likeness (QED) is 0.654. The third-order valence-electron chi connectivity index (χ3n) is 3.42. The Morgan fingerprint density at radius 3 is 2.31 bits per heavy atom. The molecule has 0 radical (unpaired) electrons. The van der Waals surface area contributed by atoms with Gasteiger partial charge < -0.3 is 10.6 Å². The number of nitrogens with one attached hydrogen (secondary N) is 2. The first-order chi connectivity index (χ1) is 7.62. The summed E-state index contributed by atoms with van der Waals surface area (Å²) in [6.07, 6.45) is 3.72. The summed E-state index contributed by atoms with van der Waals surface area (Å²) in [5.41, 5.74) is -0.0744. The maximum Gasteiger partial charge on any atom is 0.228 e. The van der Waals surface area contributed by atoms with Gasteiger partial charge in [0.15, 0.2) is 0 Å². The smallest absolute Gasteiger partial charge is 0.228 e. The molecule has 1 spiro atoms. The van der Waals surface area contributed by atoms with Gasteiger partial charge in [-0.1, -0.05) is 0 Å². The molecule has 92 valence electrons. The number of alkyl halides is 1. The zero-order chi connectivity index (χ0) is 12.2. The van der Waals surface area contributed by atoms with Gasteiger partial charge in [-0.05, 0) is 25.7 Å². The second-order valence-corrected chi connectivity index (χ2v) is 4.44. The Balaban J connectivity index is 0.000000606. The fourth-order valence-corrected chi connectivity index (χ4v) is 2.42. The number of hydrogen-bond acceptors (Lipinski definition) is 2. The van der Waals surface area contributed by atoms with Crippen molar-refractivity contribution in [1.82, 2.24) is 10.6 Å². The van der Waals surface area contributed by atoms with E-state index in [1.807, 2.05) is 0 Å². The molecule has 0 aromatic rings. The number of β-lactam (4-membered cyclic amide) rings is 1. The monoisotopic (exact) mass is 230 g/mol. The van der Waals surface area contributed by atoms with E-state index in [4.69, 9.17) is 0 Å². The zero-order valence-electron chi connectivity index (χ0n) is 9.81. The maximum absolute atomic E-state index is 11.3. The number of halogens is 1. The molecule has 2 aliphatic rings. The van der Waals surface area contributed by atoms with Crippen LogP contribution in [0.2, 0.25) is 0 Å². The van der Waals surface area contributed by atoms with E-state index in [0.717, 1.165) is 32.2 Å². The Morgan fingerprint density at radius 2 is 2.00 bits per heavy atom. The topological polar surface area (TPSA) is 58.2 Å². The third kappa shape index (κ3) is 2.51. The molecule has 1 saturated heterocycles. The van der Waals surface area contributed by atoms with Crippen LogP contribution in [0.15, 0.2) is 0 Å². The van der Waals surface area contributed by atoms with Crippen molar-refractivity contribution in [3.8, 4) is 0 Å². The highest BCUT2D eigenvalue weighted by Crippen LogP contribution is 2.40. The van der Waals surface area contributed by atoms with Gasteiger partial charge in [-0.15, -0.1) is 0 Å². The molecule has 4 nitrogen and oxygen atoms in total. The number of hydrogen-bond donors (Lipinski definition) is 2. The maximum atomic E-state index is 11.3. The van der Waals surface area contributed by atoms with Crippen LogP contribution in [-0.2, 0) is 9.59 Å². The van der Waals surface area contributed by atoms with E-state index >= 15 is 0 Å². The van der Waals surface area contributed by atoms with Crippen molar-refractivity contribution in [3.63, 3.8) is 0 Å². The Kier molecular flexibility index (Phi) is 4.26. The number of carbonyl (C=O) groups excluding carboxylic acids is 2. The SMILES string of the molecule is CC(=O)NC1CCC2(CC1)CNC2=O.CF. The van der Waals surface area contributed by atoms with Gasteiger partial charge in [0, 0.05) is 19.5 Å². The van der Waals surface area contributed by atoms with Crippen molar-refractivity contribution < 1.29 is 14.0 Å². The van der Waals surface area contributed by atoms with Crippen LogP contribution in [0.1, 0.15) is 32.6 Å². The molecule has 5 heteroatoms. The lowest BCUT2D eigenvalue weighted by atomic mass is 9.68. The molecule has 2 rings (SSSR count). The van der Waals surface area contributed by atoms with E-state index in [2.05, 4.69) is 10.6 Å². The highest BCUT2D eigenvalue weighted by atomic mass is 19.1. The summed E-state index contributed by atoms with van der Waals surface area (Å²) in [7, 11) is 0.500. The Morgan fingerprint density at radius 1 is 1.44 bits per heavy atom. The van der Waals surface area contributed by atoms with Gasteiger partial charge in [0.2, 0.25) is 11.8 Å². The minimum atomic E-state index is -0.0744. The molecule has 1 saturated carbocycles. The Hall–Kier alpha value is -1.13. The predicted octanol–water partition coefficient (Wildman–Crippen LogP) is 0.767. The highest BCUT2D eigenvalue weighted by Gasteiger charge is 2.47. The summed E-state index contributed by atoms with van der Waals surface area (Å²) < 4.78 is 9.50. The first kappa shape index (κ1) is 12.9. The molecule has 16 heavy (non-hydrogen) atoms. The van der Waals surface area contributed by atoms with Crippen LogP contribution < -0.4 is 10.6 Å². The van der Waals surface area contributed by atoms with Crippen LogP contribution in [0, 0.1) is 5.41 Å². The fraction of sp³-hybridized carbons (Fsp3) is 0.818. The van der Waals surface area contributed by atoms with Crippen molar-refractivity contribution in [2.45, 2.75) is 38.6 Å². The largest absolute Gasteiger partial charge is 0.354 e. The summed E-state index contributed by atoms with van der Waals surface area (Å²) in [6, 6.07) is 0.284. The second-order valence-electron chi connectivity index (χ2n) is 4.44. The molecule has 1 aliphatic carbocycles. The van der Waals surface area contributed by atoms with Gasteiger partial charge in [-0.25, -0.2) is 0 Å². The van der Waals surface area contributed by atoms with Gasteiger partial charge in [0.25, 0.3) is 0 Å². The van der Waals surface area contributed by atoms with Crippen LogP contribution in [0.25, 0.3) is 0 Å². The average Bonchev–Trinajstić information content (AvgIpc) is 2.30. The molecule has 1 aliphatic heterocycles. The third-order valence-corrected chi connectivity index (χ3v) is 3.42. The molecule has 2 amide bonds. The van der Waals surface area contributed by atoms with E-state index in [9.17, 15) is 14.0 Å². The Labute approximate surface area is 95.0 Å². The number of carbonyl (C=O) groups is 2. The lowest BCUT2D eigenvalue weighted by molar-refractivity contribution is -0.142. The summed E-state index contributed by atoms with van der Waals surface area (Å²) in [5.74, 6) is 0.239. The number of amides is 2. The standard InChI is InChI=1S/C10H16N2O2.CH3F/c1-7(13)12-8-2-4-10(5-3-8)6-11-9(10)14;1-2/h8H,2-6H2,1H3,(H,11,14)(H,12,13);1H3.